The summed E-state index contributed by atoms with van der Waals surface area (Å²) >= 11 is 0. The minimum Gasteiger partial charge on any atom is -0.330 e. The molecular formula is C15H18N4O. The third-order valence-electron chi connectivity index (χ3n) is 3.66. The van der Waals surface area contributed by atoms with Crippen molar-refractivity contribution in [2.45, 2.75) is 32.4 Å². The molecule has 1 saturated carbocycles. The molecule has 0 N–H and O–H groups in total. The summed E-state index contributed by atoms with van der Waals surface area (Å²) in [6.45, 7) is 2.55. The lowest BCUT2D eigenvalue weighted by Crippen LogP contribution is -2.33. The molecule has 5 heteroatoms. The molecule has 0 aliphatic heterocycles. The van der Waals surface area contributed by atoms with E-state index in [1.165, 1.54) is 0 Å². The molecule has 104 valence electrons. The summed E-state index contributed by atoms with van der Waals surface area (Å²) in [6.07, 6.45) is 5.72. The maximum atomic E-state index is 12.6. The maximum Gasteiger partial charge on any atom is 0.274 e. The van der Waals surface area contributed by atoms with E-state index in [1.54, 1.807) is 10.9 Å². The van der Waals surface area contributed by atoms with E-state index in [4.69, 9.17) is 0 Å². The van der Waals surface area contributed by atoms with Crippen LogP contribution in [0.4, 0.5) is 0 Å². The van der Waals surface area contributed by atoms with Gasteiger partial charge in [0.05, 0.1) is 0 Å². The highest BCUT2D eigenvalue weighted by atomic mass is 16.2. The summed E-state index contributed by atoms with van der Waals surface area (Å²) < 4.78 is 1.74. The van der Waals surface area contributed by atoms with E-state index in [0.717, 1.165) is 24.1 Å². The van der Waals surface area contributed by atoms with E-state index in [0.29, 0.717) is 18.3 Å². The van der Waals surface area contributed by atoms with Crippen molar-refractivity contribution in [3.63, 3.8) is 0 Å². The van der Waals surface area contributed by atoms with Crippen molar-refractivity contribution in [2.75, 3.05) is 0 Å². The van der Waals surface area contributed by atoms with Crippen LogP contribution >= 0.6 is 0 Å². The SMILES string of the molecule is Cc1cc(C(=O)N(Cc2cccnc2)C2CC2)nn1C. The number of aromatic nitrogens is 3. The third-order valence-corrected chi connectivity index (χ3v) is 3.66. The minimum atomic E-state index is 0.0139. The van der Waals surface area contributed by atoms with Crippen molar-refractivity contribution < 1.29 is 4.79 Å². The van der Waals surface area contributed by atoms with Crippen LogP contribution in [0.1, 0.15) is 34.6 Å². The van der Waals surface area contributed by atoms with Crippen LogP contribution in [0.25, 0.3) is 0 Å². The first kappa shape index (κ1) is 12.8. The van der Waals surface area contributed by atoms with Gasteiger partial charge >= 0.3 is 0 Å². The van der Waals surface area contributed by atoms with Gasteiger partial charge in [-0.1, -0.05) is 6.07 Å². The molecule has 1 amide bonds. The van der Waals surface area contributed by atoms with Crippen LogP contribution in [-0.2, 0) is 13.6 Å². The first-order valence-corrected chi connectivity index (χ1v) is 6.85. The number of carbonyl (C=O) groups excluding carboxylic acids is 1. The lowest BCUT2D eigenvalue weighted by Gasteiger charge is -2.21. The van der Waals surface area contributed by atoms with Gasteiger partial charge in [-0.25, -0.2) is 0 Å². The maximum absolute atomic E-state index is 12.6. The summed E-state index contributed by atoms with van der Waals surface area (Å²) in [5, 5.41) is 4.29. The Labute approximate surface area is 118 Å². The van der Waals surface area contributed by atoms with Crippen molar-refractivity contribution in [1.82, 2.24) is 19.7 Å². The predicted octanol–water partition coefficient (Wildman–Crippen LogP) is 1.93. The Balaban J connectivity index is 1.82. The molecule has 1 aliphatic carbocycles. The molecule has 0 saturated heterocycles. The molecule has 0 radical (unpaired) electrons. The number of pyridine rings is 1. The Kier molecular flexibility index (Phi) is 3.26. The number of rotatable bonds is 4. The number of amides is 1. The lowest BCUT2D eigenvalue weighted by molar-refractivity contribution is 0.0723. The molecule has 0 unspecified atom stereocenters. The fourth-order valence-electron chi connectivity index (χ4n) is 2.25. The first-order chi connectivity index (χ1) is 9.65. The van der Waals surface area contributed by atoms with Crippen LogP contribution in [0.3, 0.4) is 0 Å². The summed E-state index contributed by atoms with van der Waals surface area (Å²) in [5.74, 6) is 0.0139. The van der Waals surface area contributed by atoms with Crippen molar-refractivity contribution in [2.24, 2.45) is 7.05 Å². The molecule has 0 atom stereocenters. The van der Waals surface area contributed by atoms with Gasteiger partial charge < -0.3 is 4.90 Å². The van der Waals surface area contributed by atoms with Gasteiger partial charge in [0.15, 0.2) is 5.69 Å². The monoisotopic (exact) mass is 270 g/mol. The molecule has 5 nitrogen and oxygen atoms in total. The molecule has 3 rings (SSSR count). The van der Waals surface area contributed by atoms with Crippen LogP contribution in [-0.4, -0.2) is 31.6 Å². The van der Waals surface area contributed by atoms with E-state index in [1.807, 2.05) is 43.3 Å². The first-order valence-electron chi connectivity index (χ1n) is 6.85. The van der Waals surface area contributed by atoms with Crippen molar-refractivity contribution in [1.29, 1.82) is 0 Å². The molecule has 0 spiro atoms. The molecule has 1 fully saturated rings. The predicted molar refractivity (Wildman–Crippen MR) is 75.1 cm³/mol. The second-order valence-corrected chi connectivity index (χ2v) is 5.32. The Morgan fingerprint density at radius 3 is 2.85 bits per heavy atom. The number of hydrogen-bond donors (Lipinski definition) is 0. The van der Waals surface area contributed by atoms with Crippen molar-refractivity contribution in [3.05, 3.63) is 47.5 Å². The average Bonchev–Trinajstić information content (AvgIpc) is 3.23. The van der Waals surface area contributed by atoms with Crippen LogP contribution in [0.2, 0.25) is 0 Å². The van der Waals surface area contributed by atoms with Crippen molar-refractivity contribution in [3.8, 4) is 0 Å². The number of nitrogens with zero attached hydrogens (tertiary/aromatic N) is 4. The highest BCUT2D eigenvalue weighted by Crippen LogP contribution is 2.29. The van der Waals surface area contributed by atoms with Crippen LogP contribution < -0.4 is 0 Å². The van der Waals surface area contributed by atoms with Crippen LogP contribution in [0.15, 0.2) is 30.6 Å². The van der Waals surface area contributed by atoms with E-state index < -0.39 is 0 Å². The smallest absolute Gasteiger partial charge is 0.274 e. The summed E-state index contributed by atoms with van der Waals surface area (Å²) in [5.41, 5.74) is 2.58. The molecule has 2 aromatic rings. The molecule has 2 aromatic heterocycles. The second kappa shape index (κ2) is 5.07. The average molecular weight is 270 g/mol. The highest BCUT2D eigenvalue weighted by molar-refractivity contribution is 5.92. The Morgan fingerprint density at radius 1 is 1.50 bits per heavy atom. The zero-order valence-electron chi connectivity index (χ0n) is 11.8. The van der Waals surface area contributed by atoms with Gasteiger partial charge in [-0.15, -0.1) is 0 Å². The summed E-state index contributed by atoms with van der Waals surface area (Å²) in [6, 6.07) is 6.10. The van der Waals surface area contributed by atoms with Gasteiger partial charge in [0.2, 0.25) is 0 Å². The van der Waals surface area contributed by atoms with Gasteiger partial charge in [-0.05, 0) is 37.5 Å². The zero-order valence-corrected chi connectivity index (χ0v) is 11.8. The fourth-order valence-corrected chi connectivity index (χ4v) is 2.25. The van der Waals surface area contributed by atoms with Gasteiger partial charge in [-0.2, -0.15) is 5.10 Å². The lowest BCUT2D eigenvalue weighted by atomic mass is 10.2. The molecule has 1 aliphatic rings. The quantitative estimate of drug-likeness (QED) is 0.853. The Bertz CT molecular complexity index is 597. The Hall–Kier alpha value is -2.17. The fraction of sp³-hybridized carbons (Fsp3) is 0.400. The minimum absolute atomic E-state index is 0.0139. The van der Waals surface area contributed by atoms with E-state index in [2.05, 4.69) is 10.1 Å². The molecule has 0 bridgehead atoms. The summed E-state index contributed by atoms with van der Waals surface area (Å²) in [4.78, 5) is 18.7. The van der Waals surface area contributed by atoms with Crippen LogP contribution in [0.5, 0.6) is 0 Å². The number of aryl methyl sites for hydroxylation is 2. The normalized spacial score (nSPS) is 14.3. The Morgan fingerprint density at radius 2 is 2.30 bits per heavy atom. The van der Waals surface area contributed by atoms with E-state index in [-0.39, 0.29) is 5.91 Å². The topological polar surface area (TPSA) is 51.0 Å². The van der Waals surface area contributed by atoms with Gasteiger partial charge in [-0.3, -0.25) is 14.5 Å². The van der Waals surface area contributed by atoms with Crippen LogP contribution in [0, 0.1) is 6.92 Å². The second-order valence-electron chi connectivity index (χ2n) is 5.32. The van der Waals surface area contributed by atoms with Gasteiger partial charge in [0.1, 0.15) is 0 Å². The van der Waals surface area contributed by atoms with Gasteiger partial charge in [0, 0.05) is 37.7 Å². The van der Waals surface area contributed by atoms with E-state index >= 15 is 0 Å². The van der Waals surface area contributed by atoms with Crippen molar-refractivity contribution >= 4 is 5.91 Å². The molecule has 0 aromatic carbocycles. The third kappa shape index (κ3) is 2.57. The molecular weight excluding hydrogens is 252 g/mol. The highest BCUT2D eigenvalue weighted by Gasteiger charge is 2.34. The number of carbonyl (C=O) groups is 1. The zero-order chi connectivity index (χ0) is 14.1. The molecule has 20 heavy (non-hydrogen) atoms. The standard InChI is InChI=1S/C15H18N4O/c1-11-8-14(17-18(11)2)15(20)19(13-5-6-13)10-12-4-3-7-16-9-12/h3-4,7-9,13H,5-6,10H2,1-2H3. The molecule has 2 heterocycles. The van der Waals surface area contributed by atoms with E-state index in [9.17, 15) is 4.79 Å². The van der Waals surface area contributed by atoms with Gasteiger partial charge in [0.25, 0.3) is 5.91 Å². The number of hydrogen-bond acceptors (Lipinski definition) is 3. The largest absolute Gasteiger partial charge is 0.330 e. The summed E-state index contributed by atoms with van der Waals surface area (Å²) in [7, 11) is 1.86.